The lowest BCUT2D eigenvalue weighted by atomic mass is 9.86. The molecule has 1 heterocycles. The van der Waals surface area contributed by atoms with Gasteiger partial charge >= 0.3 is 0 Å². The summed E-state index contributed by atoms with van der Waals surface area (Å²) in [5, 5.41) is 1.11. The molecule has 0 saturated heterocycles. The summed E-state index contributed by atoms with van der Waals surface area (Å²) >= 11 is 0. The first-order valence-electron chi connectivity index (χ1n) is 6.66. The van der Waals surface area contributed by atoms with Crippen LogP contribution in [-0.2, 0) is 4.74 Å². The number of aromatic nitrogens is 1. The van der Waals surface area contributed by atoms with Gasteiger partial charge in [0.05, 0.1) is 5.52 Å². The minimum absolute atomic E-state index is 0.00410. The van der Waals surface area contributed by atoms with Crippen molar-refractivity contribution in [3.05, 3.63) is 36.5 Å². The summed E-state index contributed by atoms with van der Waals surface area (Å²) in [7, 11) is 0. The normalized spacial score (nSPS) is 26.1. The fourth-order valence-corrected chi connectivity index (χ4v) is 2.45. The van der Waals surface area contributed by atoms with E-state index in [2.05, 4.69) is 4.98 Å². The van der Waals surface area contributed by atoms with E-state index >= 15 is 0 Å². The van der Waals surface area contributed by atoms with Crippen LogP contribution in [0.5, 0.6) is 5.75 Å². The van der Waals surface area contributed by atoms with Crippen LogP contribution in [0.3, 0.4) is 0 Å². The second kappa shape index (κ2) is 5.15. The van der Waals surface area contributed by atoms with Crippen molar-refractivity contribution < 1.29 is 9.47 Å². The van der Waals surface area contributed by atoms with Crippen LogP contribution in [0.15, 0.2) is 36.5 Å². The lowest BCUT2D eigenvalue weighted by Gasteiger charge is -2.41. The van der Waals surface area contributed by atoms with Crippen LogP contribution in [0, 0.1) is 0 Å². The second-order valence-corrected chi connectivity index (χ2v) is 4.83. The third kappa shape index (κ3) is 2.41. The lowest BCUT2D eigenvalue weighted by Crippen LogP contribution is -2.59. The van der Waals surface area contributed by atoms with Gasteiger partial charge in [0.2, 0.25) is 0 Å². The van der Waals surface area contributed by atoms with E-state index in [9.17, 15) is 0 Å². The summed E-state index contributed by atoms with van der Waals surface area (Å²) in [5.74, 6) is 0.827. The fraction of sp³-hybridized carbons (Fsp3) is 0.400. The molecule has 0 radical (unpaired) electrons. The molecule has 2 aromatic rings. The number of pyridine rings is 1. The third-order valence-electron chi connectivity index (χ3n) is 3.52. The summed E-state index contributed by atoms with van der Waals surface area (Å²) in [6.07, 6.45) is 2.68. The number of hydrogen-bond donors (Lipinski definition) is 1. The van der Waals surface area contributed by atoms with Crippen molar-refractivity contribution in [3.63, 3.8) is 0 Å². The van der Waals surface area contributed by atoms with Crippen LogP contribution < -0.4 is 10.5 Å². The van der Waals surface area contributed by atoms with Crippen LogP contribution in [0.4, 0.5) is 0 Å². The summed E-state index contributed by atoms with van der Waals surface area (Å²) < 4.78 is 11.5. The van der Waals surface area contributed by atoms with Gasteiger partial charge in [-0.05, 0) is 25.1 Å². The van der Waals surface area contributed by atoms with Crippen molar-refractivity contribution in [2.24, 2.45) is 5.73 Å². The van der Waals surface area contributed by atoms with Gasteiger partial charge in [0.15, 0.2) is 0 Å². The Morgan fingerprint density at radius 2 is 2.26 bits per heavy atom. The topological polar surface area (TPSA) is 57.4 Å². The van der Waals surface area contributed by atoms with Crippen molar-refractivity contribution in [2.45, 2.75) is 31.6 Å². The highest BCUT2D eigenvalue weighted by atomic mass is 16.5. The van der Waals surface area contributed by atoms with Gasteiger partial charge in [-0.25, -0.2) is 0 Å². The van der Waals surface area contributed by atoms with Crippen molar-refractivity contribution >= 4 is 10.9 Å². The van der Waals surface area contributed by atoms with E-state index in [-0.39, 0.29) is 18.2 Å². The standard InChI is InChI=1S/C15H18N2O2/c1-2-18-15-12(16)9-14(15)19-11-6-5-10-4-3-7-17-13(10)8-11/h3-8,12,14-15H,2,9,16H2,1H3. The van der Waals surface area contributed by atoms with E-state index in [1.165, 1.54) is 0 Å². The quantitative estimate of drug-likeness (QED) is 0.912. The van der Waals surface area contributed by atoms with Crippen LogP contribution in [0.2, 0.25) is 0 Å². The molecule has 1 aromatic carbocycles. The molecule has 1 aliphatic carbocycles. The highest BCUT2D eigenvalue weighted by Gasteiger charge is 2.41. The maximum absolute atomic E-state index is 5.95. The van der Waals surface area contributed by atoms with Crippen molar-refractivity contribution in [1.29, 1.82) is 0 Å². The molecule has 1 aromatic heterocycles. The molecule has 4 heteroatoms. The van der Waals surface area contributed by atoms with Gasteiger partial charge in [-0.3, -0.25) is 4.98 Å². The highest BCUT2D eigenvalue weighted by Crippen LogP contribution is 2.29. The molecule has 0 amide bonds. The zero-order valence-electron chi connectivity index (χ0n) is 11.0. The van der Waals surface area contributed by atoms with E-state index in [0.717, 1.165) is 23.1 Å². The van der Waals surface area contributed by atoms with E-state index in [1.54, 1.807) is 6.20 Å². The Kier molecular flexibility index (Phi) is 3.36. The van der Waals surface area contributed by atoms with Crippen LogP contribution in [-0.4, -0.2) is 29.8 Å². The van der Waals surface area contributed by atoms with Crippen LogP contribution >= 0.6 is 0 Å². The number of ether oxygens (including phenoxy) is 2. The van der Waals surface area contributed by atoms with Gasteiger partial charge in [0.25, 0.3) is 0 Å². The molecule has 2 N–H and O–H groups in total. The van der Waals surface area contributed by atoms with Gasteiger partial charge in [-0.15, -0.1) is 0 Å². The number of nitrogens with zero attached hydrogens (tertiary/aromatic N) is 1. The first-order valence-corrected chi connectivity index (χ1v) is 6.66. The molecule has 3 rings (SSSR count). The Balaban J connectivity index is 1.75. The monoisotopic (exact) mass is 258 g/mol. The average Bonchev–Trinajstić information content (AvgIpc) is 2.44. The molecule has 100 valence electrons. The van der Waals surface area contributed by atoms with Crippen LogP contribution in [0.1, 0.15) is 13.3 Å². The molecule has 4 nitrogen and oxygen atoms in total. The van der Waals surface area contributed by atoms with Gasteiger partial charge in [-0.2, -0.15) is 0 Å². The van der Waals surface area contributed by atoms with Crippen molar-refractivity contribution in [3.8, 4) is 5.75 Å². The number of nitrogens with two attached hydrogens (primary N) is 1. The predicted molar refractivity (Wildman–Crippen MR) is 74.2 cm³/mol. The smallest absolute Gasteiger partial charge is 0.128 e. The van der Waals surface area contributed by atoms with E-state index < -0.39 is 0 Å². The molecule has 3 atom stereocenters. The Morgan fingerprint density at radius 1 is 1.37 bits per heavy atom. The molecule has 1 fully saturated rings. The van der Waals surface area contributed by atoms with Crippen molar-refractivity contribution in [2.75, 3.05) is 6.61 Å². The first-order chi connectivity index (χ1) is 9.28. The summed E-state index contributed by atoms with van der Waals surface area (Å²) in [5.41, 5.74) is 6.87. The minimum Gasteiger partial charge on any atom is -0.488 e. The predicted octanol–water partition coefficient (Wildman–Crippen LogP) is 2.12. The fourth-order valence-electron chi connectivity index (χ4n) is 2.45. The van der Waals surface area contributed by atoms with E-state index in [1.807, 2.05) is 37.3 Å². The zero-order valence-corrected chi connectivity index (χ0v) is 11.0. The van der Waals surface area contributed by atoms with Gasteiger partial charge in [0, 0.05) is 36.7 Å². The molecule has 19 heavy (non-hydrogen) atoms. The molecule has 1 aliphatic rings. The minimum atomic E-state index is 0.00410. The maximum Gasteiger partial charge on any atom is 0.128 e. The van der Waals surface area contributed by atoms with Gasteiger partial charge in [-0.1, -0.05) is 6.07 Å². The Hall–Kier alpha value is -1.65. The second-order valence-electron chi connectivity index (χ2n) is 4.83. The number of benzene rings is 1. The molecule has 0 aliphatic heterocycles. The average molecular weight is 258 g/mol. The number of fused-ring (bicyclic) bond motifs is 1. The Bertz CT molecular complexity index is 573. The Labute approximate surface area is 112 Å². The van der Waals surface area contributed by atoms with E-state index in [4.69, 9.17) is 15.2 Å². The molecule has 3 unspecified atom stereocenters. The first kappa shape index (κ1) is 12.4. The number of hydrogen-bond acceptors (Lipinski definition) is 4. The Morgan fingerprint density at radius 3 is 3.05 bits per heavy atom. The maximum atomic E-state index is 5.95. The van der Waals surface area contributed by atoms with Crippen molar-refractivity contribution in [1.82, 2.24) is 4.98 Å². The molecule has 0 bridgehead atoms. The molecular weight excluding hydrogens is 240 g/mol. The summed E-state index contributed by atoms with van der Waals surface area (Å²) in [6, 6.07) is 10.0. The third-order valence-corrected chi connectivity index (χ3v) is 3.52. The highest BCUT2D eigenvalue weighted by molar-refractivity contribution is 5.79. The van der Waals surface area contributed by atoms with Gasteiger partial charge < -0.3 is 15.2 Å². The van der Waals surface area contributed by atoms with E-state index in [0.29, 0.717) is 6.61 Å². The summed E-state index contributed by atoms with van der Waals surface area (Å²) in [4.78, 5) is 4.33. The molecule has 0 spiro atoms. The number of rotatable bonds is 4. The van der Waals surface area contributed by atoms with Crippen LogP contribution in [0.25, 0.3) is 10.9 Å². The SMILES string of the molecule is CCOC1C(N)CC1Oc1ccc2cccnc2c1. The zero-order chi connectivity index (χ0) is 13.2. The molecular formula is C15H18N2O2. The summed E-state index contributed by atoms with van der Waals surface area (Å²) in [6.45, 7) is 2.64. The molecule has 1 saturated carbocycles. The largest absolute Gasteiger partial charge is 0.488 e. The lowest BCUT2D eigenvalue weighted by molar-refractivity contribution is -0.0945. The van der Waals surface area contributed by atoms with Gasteiger partial charge in [0.1, 0.15) is 18.0 Å².